The minimum absolute atomic E-state index is 0.112. The average Bonchev–Trinajstić information content (AvgIpc) is 3.31. The lowest BCUT2D eigenvalue weighted by atomic mass is 10.0. The summed E-state index contributed by atoms with van der Waals surface area (Å²) >= 11 is 1.64. The maximum atomic E-state index is 13.7. The number of ether oxygens (including phenoxy) is 1. The number of rotatable bonds is 8. The molecule has 1 unspecified atom stereocenters. The number of carbonyl (C=O) groups is 2. The van der Waals surface area contributed by atoms with E-state index in [1.54, 1.807) is 34.4 Å². The zero-order valence-electron chi connectivity index (χ0n) is 18.9. The lowest BCUT2D eigenvalue weighted by Crippen LogP contribution is -2.48. The Bertz CT molecular complexity index is 1170. The van der Waals surface area contributed by atoms with Crippen molar-refractivity contribution >= 4 is 23.2 Å². The lowest BCUT2D eigenvalue weighted by molar-refractivity contribution is -0.135. The van der Waals surface area contributed by atoms with E-state index in [4.69, 9.17) is 4.74 Å². The van der Waals surface area contributed by atoms with E-state index in [0.717, 1.165) is 12.0 Å². The lowest BCUT2D eigenvalue weighted by Gasteiger charge is -2.37. The van der Waals surface area contributed by atoms with Gasteiger partial charge in [0.25, 0.3) is 5.91 Å². The molecule has 1 atom stereocenters. The van der Waals surface area contributed by atoms with E-state index in [1.807, 2.05) is 18.4 Å². The first-order chi connectivity index (χ1) is 16.5. The van der Waals surface area contributed by atoms with Gasteiger partial charge in [-0.15, -0.1) is 11.3 Å². The Morgan fingerprint density at radius 3 is 2.62 bits per heavy atom. The van der Waals surface area contributed by atoms with Gasteiger partial charge in [0.05, 0.1) is 6.04 Å². The summed E-state index contributed by atoms with van der Waals surface area (Å²) < 4.78 is 33.1. The minimum Gasteiger partial charge on any atom is -0.491 e. The van der Waals surface area contributed by atoms with E-state index < -0.39 is 11.6 Å². The highest BCUT2D eigenvalue weighted by molar-refractivity contribution is 7.10. The number of nitrogens with zero attached hydrogens (tertiary/aromatic N) is 2. The van der Waals surface area contributed by atoms with Crippen molar-refractivity contribution in [1.82, 2.24) is 9.80 Å². The monoisotopic (exact) mass is 484 g/mol. The fourth-order valence-electron chi connectivity index (χ4n) is 4.19. The van der Waals surface area contributed by atoms with Crippen LogP contribution in [0.5, 0.6) is 5.75 Å². The Balaban J connectivity index is 1.52. The van der Waals surface area contributed by atoms with Crippen molar-refractivity contribution in [3.05, 3.63) is 87.6 Å². The predicted molar refractivity (Wildman–Crippen MR) is 127 cm³/mol. The summed E-state index contributed by atoms with van der Waals surface area (Å²) in [6.07, 6.45) is 1.38. The largest absolute Gasteiger partial charge is 0.491 e. The zero-order valence-corrected chi connectivity index (χ0v) is 19.7. The second-order valence-electron chi connectivity index (χ2n) is 8.16. The topological polar surface area (TPSA) is 49.9 Å². The first kappa shape index (κ1) is 23.9. The van der Waals surface area contributed by atoms with Gasteiger partial charge in [-0.2, -0.15) is 0 Å². The van der Waals surface area contributed by atoms with Crippen molar-refractivity contribution in [1.29, 1.82) is 0 Å². The molecule has 1 aliphatic rings. The molecule has 0 fully saturated rings. The van der Waals surface area contributed by atoms with Crippen LogP contribution in [-0.4, -0.2) is 47.9 Å². The van der Waals surface area contributed by atoms with E-state index in [-0.39, 0.29) is 36.6 Å². The molecule has 3 aromatic rings. The number of carbonyl (C=O) groups excluding carboxylic acids is 2. The fraction of sp³-hybridized carbons (Fsp3) is 0.308. The van der Waals surface area contributed by atoms with Crippen LogP contribution in [0.4, 0.5) is 8.78 Å². The van der Waals surface area contributed by atoms with Crippen LogP contribution in [0.3, 0.4) is 0 Å². The van der Waals surface area contributed by atoms with Gasteiger partial charge in [0.1, 0.15) is 30.5 Å². The molecule has 0 radical (unpaired) electrons. The van der Waals surface area contributed by atoms with Crippen LogP contribution in [0.25, 0.3) is 0 Å². The van der Waals surface area contributed by atoms with E-state index in [9.17, 15) is 18.4 Å². The van der Waals surface area contributed by atoms with Crippen LogP contribution < -0.4 is 4.74 Å². The van der Waals surface area contributed by atoms with Crippen LogP contribution in [0.2, 0.25) is 0 Å². The van der Waals surface area contributed by atoms with E-state index in [1.165, 1.54) is 40.1 Å². The highest BCUT2D eigenvalue weighted by atomic mass is 32.1. The van der Waals surface area contributed by atoms with Gasteiger partial charge in [0.15, 0.2) is 0 Å². The highest BCUT2D eigenvalue weighted by Gasteiger charge is 2.33. The summed E-state index contributed by atoms with van der Waals surface area (Å²) in [6, 6.07) is 13.0. The zero-order chi connectivity index (χ0) is 24.1. The first-order valence-electron chi connectivity index (χ1n) is 11.2. The fourth-order valence-corrected chi connectivity index (χ4v) is 5.12. The summed E-state index contributed by atoms with van der Waals surface area (Å²) in [5.41, 5.74) is 1.23. The van der Waals surface area contributed by atoms with Crippen LogP contribution in [0.1, 0.15) is 40.2 Å². The smallest absolute Gasteiger partial charge is 0.254 e. The summed E-state index contributed by atoms with van der Waals surface area (Å²) in [5.74, 6) is -1.08. The maximum absolute atomic E-state index is 13.7. The van der Waals surface area contributed by atoms with E-state index in [0.29, 0.717) is 25.3 Å². The van der Waals surface area contributed by atoms with Crippen molar-refractivity contribution in [2.45, 2.75) is 25.8 Å². The molecule has 0 spiro atoms. The summed E-state index contributed by atoms with van der Waals surface area (Å²) in [6.45, 7) is 2.86. The third kappa shape index (κ3) is 5.44. The summed E-state index contributed by atoms with van der Waals surface area (Å²) in [5, 5.41) is 1.99. The number of thiophene rings is 1. The third-order valence-electron chi connectivity index (χ3n) is 5.80. The molecule has 4 rings (SSSR count). The molecule has 0 bridgehead atoms. The summed E-state index contributed by atoms with van der Waals surface area (Å²) in [4.78, 5) is 30.8. The third-order valence-corrected chi connectivity index (χ3v) is 6.79. The molecule has 178 valence electrons. The molecule has 0 saturated heterocycles. The maximum Gasteiger partial charge on any atom is 0.254 e. The summed E-state index contributed by atoms with van der Waals surface area (Å²) in [7, 11) is 0. The van der Waals surface area contributed by atoms with Gasteiger partial charge in [-0.1, -0.05) is 19.1 Å². The van der Waals surface area contributed by atoms with Gasteiger partial charge in [-0.3, -0.25) is 9.59 Å². The Morgan fingerprint density at radius 1 is 1.12 bits per heavy atom. The van der Waals surface area contributed by atoms with Crippen molar-refractivity contribution in [2.24, 2.45) is 0 Å². The number of benzene rings is 2. The van der Waals surface area contributed by atoms with Crippen LogP contribution in [-0.2, 0) is 11.2 Å². The van der Waals surface area contributed by atoms with Gasteiger partial charge in [0.2, 0.25) is 5.91 Å². The van der Waals surface area contributed by atoms with Crippen molar-refractivity contribution in [3.8, 4) is 5.75 Å². The highest BCUT2D eigenvalue weighted by Crippen LogP contribution is 2.34. The molecule has 0 N–H and O–H groups in total. The van der Waals surface area contributed by atoms with Crippen LogP contribution >= 0.6 is 11.3 Å². The molecular formula is C26H26F2N2O3S. The van der Waals surface area contributed by atoms with Crippen molar-refractivity contribution < 1.29 is 23.1 Å². The number of fused-ring (bicyclic) bond motifs is 1. The van der Waals surface area contributed by atoms with Crippen molar-refractivity contribution in [2.75, 3.05) is 26.2 Å². The van der Waals surface area contributed by atoms with Gasteiger partial charge in [0, 0.05) is 29.6 Å². The normalized spacial score (nSPS) is 15.0. The molecule has 5 nitrogen and oxygen atoms in total. The Labute approximate surface area is 201 Å². The van der Waals surface area contributed by atoms with Crippen molar-refractivity contribution in [3.63, 3.8) is 0 Å². The van der Waals surface area contributed by atoms with Crippen LogP contribution in [0, 0.1) is 11.6 Å². The molecule has 2 heterocycles. The van der Waals surface area contributed by atoms with Crippen LogP contribution in [0.15, 0.2) is 60.0 Å². The molecule has 8 heteroatoms. The molecule has 2 aromatic carbocycles. The Hall–Kier alpha value is -3.26. The second kappa shape index (κ2) is 10.8. The number of halogens is 2. The second-order valence-corrected chi connectivity index (χ2v) is 9.16. The molecule has 0 aliphatic carbocycles. The quantitative estimate of drug-likeness (QED) is 0.448. The van der Waals surface area contributed by atoms with Gasteiger partial charge in [-0.25, -0.2) is 8.78 Å². The molecular weight excluding hydrogens is 458 g/mol. The molecule has 34 heavy (non-hydrogen) atoms. The van der Waals surface area contributed by atoms with Gasteiger partial charge in [-0.05, 0) is 60.2 Å². The van der Waals surface area contributed by atoms with E-state index >= 15 is 0 Å². The molecule has 1 aliphatic heterocycles. The van der Waals surface area contributed by atoms with Gasteiger partial charge < -0.3 is 14.5 Å². The SMILES string of the molecule is CCCN(CC(=O)N1CCc2sccc2C1COc1cccc(F)c1)C(=O)c1cccc(F)c1. The number of amides is 2. The standard InChI is InChI=1S/C26H26F2N2O3S/c1-2-11-29(26(32)18-5-3-6-19(27)14-18)16-25(31)30-12-9-24-22(10-13-34-24)23(30)17-33-21-8-4-7-20(28)15-21/h3-8,10,13-15,23H,2,9,11-12,16-17H2,1H3. The molecule has 0 saturated carbocycles. The Kier molecular flexibility index (Phi) is 7.57. The minimum atomic E-state index is -0.496. The predicted octanol–water partition coefficient (Wildman–Crippen LogP) is 5.08. The van der Waals surface area contributed by atoms with E-state index in [2.05, 4.69) is 0 Å². The number of hydrogen-bond donors (Lipinski definition) is 0. The van der Waals surface area contributed by atoms with Gasteiger partial charge >= 0.3 is 0 Å². The molecule has 2 amide bonds. The average molecular weight is 485 g/mol. The first-order valence-corrected chi connectivity index (χ1v) is 12.1. The Morgan fingerprint density at radius 2 is 1.88 bits per heavy atom. The molecule has 1 aromatic heterocycles. The number of hydrogen-bond acceptors (Lipinski definition) is 4.